The molecule has 2 heteroatoms. The molecule has 0 unspecified atom stereocenters. The lowest BCUT2D eigenvalue weighted by Gasteiger charge is -2.08. The van der Waals surface area contributed by atoms with Crippen molar-refractivity contribution in [3.63, 3.8) is 0 Å². The van der Waals surface area contributed by atoms with Gasteiger partial charge in [0.2, 0.25) is 5.69 Å². The predicted octanol–water partition coefficient (Wildman–Crippen LogP) is 2.74. The SMILES string of the molecule is Cc1ccc2cccn2c1-c1cccc[n+]1C. The Morgan fingerprint density at radius 3 is 2.71 bits per heavy atom. The fraction of sp³-hybridized carbons (Fsp3) is 0.133. The minimum atomic E-state index is 1.23. The monoisotopic (exact) mass is 223 g/mol. The highest BCUT2D eigenvalue weighted by molar-refractivity contribution is 5.64. The van der Waals surface area contributed by atoms with Gasteiger partial charge in [-0.1, -0.05) is 6.07 Å². The van der Waals surface area contributed by atoms with Gasteiger partial charge in [-0.25, -0.2) is 0 Å². The second-order valence-corrected chi connectivity index (χ2v) is 4.36. The van der Waals surface area contributed by atoms with E-state index in [0.29, 0.717) is 0 Å². The molecule has 3 aromatic heterocycles. The molecule has 0 atom stereocenters. The molecule has 0 aromatic carbocycles. The molecule has 3 aromatic rings. The Morgan fingerprint density at radius 1 is 1.00 bits per heavy atom. The number of hydrogen-bond acceptors (Lipinski definition) is 0. The number of hydrogen-bond donors (Lipinski definition) is 0. The van der Waals surface area contributed by atoms with Gasteiger partial charge in [-0.3, -0.25) is 0 Å². The van der Waals surface area contributed by atoms with E-state index in [0.717, 1.165) is 0 Å². The molecule has 0 fully saturated rings. The molecule has 3 heterocycles. The fourth-order valence-electron chi connectivity index (χ4n) is 2.31. The van der Waals surface area contributed by atoms with E-state index in [1.165, 1.54) is 22.5 Å². The fourth-order valence-corrected chi connectivity index (χ4v) is 2.31. The van der Waals surface area contributed by atoms with Crippen LogP contribution in [-0.2, 0) is 7.05 Å². The summed E-state index contributed by atoms with van der Waals surface area (Å²) in [6.07, 6.45) is 4.20. The summed E-state index contributed by atoms with van der Waals surface area (Å²) in [4.78, 5) is 0. The average molecular weight is 223 g/mol. The minimum absolute atomic E-state index is 1.23. The first-order valence-electron chi connectivity index (χ1n) is 5.79. The van der Waals surface area contributed by atoms with Crippen LogP contribution < -0.4 is 4.57 Å². The van der Waals surface area contributed by atoms with Crippen molar-refractivity contribution in [1.82, 2.24) is 4.40 Å². The number of aromatic nitrogens is 2. The number of pyridine rings is 2. The second kappa shape index (κ2) is 3.74. The molecule has 0 N–H and O–H groups in total. The van der Waals surface area contributed by atoms with E-state index in [1.807, 2.05) is 0 Å². The van der Waals surface area contributed by atoms with Crippen LogP contribution >= 0.6 is 0 Å². The summed E-state index contributed by atoms with van der Waals surface area (Å²) in [6.45, 7) is 2.15. The van der Waals surface area contributed by atoms with Crippen molar-refractivity contribution in [2.75, 3.05) is 0 Å². The molecule has 2 nitrogen and oxygen atoms in total. The van der Waals surface area contributed by atoms with Crippen molar-refractivity contribution < 1.29 is 4.57 Å². The highest BCUT2D eigenvalue weighted by Gasteiger charge is 2.14. The van der Waals surface area contributed by atoms with E-state index in [-0.39, 0.29) is 0 Å². The number of nitrogens with zero attached hydrogens (tertiary/aromatic N) is 2. The summed E-state index contributed by atoms with van der Waals surface area (Å²) < 4.78 is 4.40. The zero-order valence-corrected chi connectivity index (χ0v) is 10.1. The molecule has 84 valence electrons. The van der Waals surface area contributed by atoms with Crippen LogP contribution in [0.4, 0.5) is 0 Å². The first-order chi connectivity index (χ1) is 8.27. The topological polar surface area (TPSA) is 8.29 Å². The Hall–Kier alpha value is -2.09. The van der Waals surface area contributed by atoms with E-state index in [2.05, 4.69) is 77.8 Å². The Labute approximate surface area is 101 Å². The molecule has 0 bridgehead atoms. The summed E-state index contributed by atoms with van der Waals surface area (Å²) in [5.41, 5.74) is 5.01. The molecular weight excluding hydrogens is 208 g/mol. The van der Waals surface area contributed by atoms with E-state index >= 15 is 0 Å². The van der Waals surface area contributed by atoms with Crippen LogP contribution in [0.1, 0.15) is 5.56 Å². The van der Waals surface area contributed by atoms with Crippen LogP contribution in [0.3, 0.4) is 0 Å². The first-order valence-corrected chi connectivity index (χ1v) is 5.79. The van der Waals surface area contributed by atoms with E-state index in [1.54, 1.807) is 0 Å². The molecule has 0 spiro atoms. The van der Waals surface area contributed by atoms with Gasteiger partial charge < -0.3 is 4.40 Å². The van der Waals surface area contributed by atoms with Crippen molar-refractivity contribution in [3.05, 3.63) is 60.4 Å². The third kappa shape index (κ3) is 1.53. The van der Waals surface area contributed by atoms with Gasteiger partial charge in [0.05, 0.1) is 0 Å². The highest BCUT2D eigenvalue weighted by Crippen LogP contribution is 2.22. The smallest absolute Gasteiger partial charge is 0.229 e. The lowest BCUT2D eigenvalue weighted by Crippen LogP contribution is -2.30. The third-order valence-corrected chi connectivity index (χ3v) is 3.20. The number of aryl methyl sites for hydroxylation is 2. The zero-order valence-electron chi connectivity index (χ0n) is 10.1. The maximum atomic E-state index is 2.24. The van der Waals surface area contributed by atoms with Crippen LogP contribution in [0.25, 0.3) is 16.9 Å². The molecule has 0 aliphatic heterocycles. The van der Waals surface area contributed by atoms with E-state index in [9.17, 15) is 0 Å². The number of rotatable bonds is 1. The number of fused-ring (bicyclic) bond motifs is 1. The van der Waals surface area contributed by atoms with Gasteiger partial charge >= 0.3 is 0 Å². The van der Waals surface area contributed by atoms with Crippen molar-refractivity contribution in [2.45, 2.75) is 6.92 Å². The van der Waals surface area contributed by atoms with Gasteiger partial charge in [-0.15, -0.1) is 0 Å². The molecule has 0 aliphatic rings. The van der Waals surface area contributed by atoms with Crippen molar-refractivity contribution >= 4 is 5.52 Å². The maximum Gasteiger partial charge on any atom is 0.229 e. The first kappa shape index (κ1) is 10.1. The molecule has 17 heavy (non-hydrogen) atoms. The van der Waals surface area contributed by atoms with Crippen molar-refractivity contribution in [3.8, 4) is 11.4 Å². The van der Waals surface area contributed by atoms with Crippen LogP contribution in [0.15, 0.2) is 54.9 Å². The minimum Gasteiger partial charge on any atom is -0.311 e. The largest absolute Gasteiger partial charge is 0.311 e. The summed E-state index contributed by atoms with van der Waals surface area (Å²) in [6, 6.07) is 14.8. The molecule has 3 rings (SSSR count). The summed E-state index contributed by atoms with van der Waals surface area (Å²) in [5.74, 6) is 0. The van der Waals surface area contributed by atoms with Crippen LogP contribution in [-0.4, -0.2) is 4.40 Å². The molecule has 0 saturated carbocycles. The van der Waals surface area contributed by atoms with Crippen LogP contribution in [0.5, 0.6) is 0 Å². The molecule has 0 aliphatic carbocycles. The lowest BCUT2D eigenvalue weighted by atomic mass is 10.1. The summed E-state index contributed by atoms with van der Waals surface area (Å²) >= 11 is 0. The van der Waals surface area contributed by atoms with Crippen molar-refractivity contribution in [2.24, 2.45) is 7.05 Å². The van der Waals surface area contributed by atoms with Gasteiger partial charge in [0.15, 0.2) is 6.20 Å². The Balaban J connectivity index is 2.40. The van der Waals surface area contributed by atoms with Crippen molar-refractivity contribution in [1.29, 1.82) is 0 Å². The van der Waals surface area contributed by atoms with Crippen LogP contribution in [0, 0.1) is 6.92 Å². The Kier molecular flexibility index (Phi) is 2.22. The lowest BCUT2D eigenvalue weighted by molar-refractivity contribution is -0.660. The zero-order chi connectivity index (χ0) is 11.8. The van der Waals surface area contributed by atoms with Gasteiger partial charge in [0, 0.05) is 23.8 Å². The molecule has 0 amide bonds. The third-order valence-electron chi connectivity index (χ3n) is 3.20. The quantitative estimate of drug-likeness (QED) is 0.561. The van der Waals surface area contributed by atoms with E-state index < -0.39 is 0 Å². The molecule has 0 radical (unpaired) electrons. The molecular formula is C15H15N2+. The standard InChI is InChI=1S/C15H15N2/c1-12-8-9-13-6-5-11-17(13)15(12)14-7-3-4-10-16(14)2/h3-11H,1-2H3/q+1. The van der Waals surface area contributed by atoms with Gasteiger partial charge in [-0.05, 0) is 36.8 Å². The second-order valence-electron chi connectivity index (χ2n) is 4.36. The predicted molar refractivity (Wildman–Crippen MR) is 68.7 cm³/mol. The average Bonchev–Trinajstić information content (AvgIpc) is 2.79. The molecule has 0 saturated heterocycles. The van der Waals surface area contributed by atoms with E-state index in [4.69, 9.17) is 0 Å². The Morgan fingerprint density at radius 2 is 1.88 bits per heavy atom. The Bertz CT molecular complexity index is 680. The summed E-state index contributed by atoms with van der Waals surface area (Å²) in [7, 11) is 2.08. The van der Waals surface area contributed by atoms with Gasteiger partial charge in [0.25, 0.3) is 0 Å². The van der Waals surface area contributed by atoms with Gasteiger partial charge in [0.1, 0.15) is 12.7 Å². The maximum absolute atomic E-state index is 2.24. The van der Waals surface area contributed by atoms with Crippen LogP contribution in [0.2, 0.25) is 0 Å². The normalized spacial score (nSPS) is 10.9. The summed E-state index contributed by atoms with van der Waals surface area (Å²) in [5, 5.41) is 0. The van der Waals surface area contributed by atoms with Gasteiger partial charge in [-0.2, -0.15) is 4.57 Å². The highest BCUT2D eigenvalue weighted by atomic mass is 15.0.